The van der Waals surface area contributed by atoms with Crippen LogP contribution in [0.2, 0.25) is 0 Å². The Morgan fingerprint density at radius 1 is 0.957 bits per heavy atom. The second kappa shape index (κ2) is 9.64. The van der Waals surface area contributed by atoms with Crippen LogP contribution in [-0.2, 0) is 6.42 Å². The summed E-state index contributed by atoms with van der Waals surface area (Å²) in [5.74, 6) is -0.524. The number of hydrogen-bond acceptors (Lipinski definition) is 3. The third-order valence-electron chi connectivity index (χ3n) is 3.53. The second-order valence-corrected chi connectivity index (χ2v) is 5.34. The van der Waals surface area contributed by atoms with E-state index < -0.39 is 5.97 Å². The zero-order chi connectivity index (χ0) is 16.3. The minimum atomic E-state index is -0.959. The molecular formula is C19H23NO3. The van der Waals surface area contributed by atoms with Crippen molar-refractivity contribution in [1.82, 2.24) is 5.32 Å². The Labute approximate surface area is 137 Å². The van der Waals surface area contributed by atoms with E-state index in [2.05, 4.69) is 29.6 Å². The molecule has 0 saturated heterocycles. The molecule has 2 rings (SSSR count). The maximum Gasteiger partial charge on any atom is 0.339 e. The van der Waals surface area contributed by atoms with Gasteiger partial charge in [-0.3, -0.25) is 0 Å². The molecule has 122 valence electrons. The van der Waals surface area contributed by atoms with Gasteiger partial charge in [0.15, 0.2) is 0 Å². The van der Waals surface area contributed by atoms with Crippen molar-refractivity contribution >= 4 is 5.97 Å². The van der Waals surface area contributed by atoms with Crippen LogP contribution in [0, 0.1) is 0 Å². The lowest BCUT2D eigenvalue weighted by molar-refractivity contribution is 0.0692. The first-order chi connectivity index (χ1) is 11.3. The highest BCUT2D eigenvalue weighted by atomic mass is 16.5. The first-order valence-electron chi connectivity index (χ1n) is 7.97. The van der Waals surface area contributed by atoms with Crippen molar-refractivity contribution in [2.24, 2.45) is 0 Å². The topological polar surface area (TPSA) is 58.6 Å². The highest BCUT2D eigenvalue weighted by molar-refractivity contribution is 5.90. The molecule has 2 aromatic rings. The lowest BCUT2D eigenvalue weighted by Crippen LogP contribution is -2.19. The van der Waals surface area contributed by atoms with E-state index in [1.165, 1.54) is 5.56 Å². The summed E-state index contributed by atoms with van der Waals surface area (Å²) in [6.07, 6.45) is 3.03. The third kappa shape index (κ3) is 6.12. The number of carboxylic acid groups (broad SMARTS) is 1. The number of carbonyl (C=O) groups is 1. The van der Waals surface area contributed by atoms with E-state index in [0.29, 0.717) is 12.4 Å². The SMILES string of the molecule is O=C(O)c1ccccc1OCCCNCCCc1ccccc1. The van der Waals surface area contributed by atoms with E-state index in [9.17, 15) is 4.79 Å². The molecule has 0 amide bonds. The average molecular weight is 313 g/mol. The Kier molecular flexibility index (Phi) is 7.14. The molecule has 0 unspecified atom stereocenters. The number of aromatic carboxylic acids is 1. The average Bonchev–Trinajstić information content (AvgIpc) is 2.58. The Hall–Kier alpha value is -2.33. The summed E-state index contributed by atoms with van der Waals surface area (Å²) in [6, 6.07) is 17.2. The van der Waals surface area contributed by atoms with Crippen LogP contribution in [0.3, 0.4) is 0 Å². The Morgan fingerprint density at radius 2 is 1.65 bits per heavy atom. The lowest BCUT2D eigenvalue weighted by Gasteiger charge is -2.09. The normalized spacial score (nSPS) is 10.4. The van der Waals surface area contributed by atoms with E-state index in [1.54, 1.807) is 24.3 Å². The summed E-state index contributed by atoms with van der Waals surface area (Å²) in [5, 5.41) is 12.5. The first-order valence-corrected chi connectivity index (χ1v) is 7.97. The molecular weight excluding hydrogens is 290 g/mol. The molecule has 0 atom stereocenters. The number of nitrogens with one attached hydrogen (secondary N) is 1. The van der Waals surface area contributed by atoms with Crippen molar-refractivity contribution in [2.45, 2.75) is 19.3 Å². The summed E-state index contributed by atoms with van der Waals surface area (Å²) in [6.45, 7) is 2.35. The number of ether oxygens (including phenoxy) is 1. The van der Waals surface area contributed by atoms with Crippen molar-refractivity contribution in [3.8, 4) is 5.75 Å². The smallest absolute Gasteiger partial charge is 0.339 e. The van der Waals surface area contributed by atoms with E-state index >= 15 is 0 Å². The van der Waals surface area contributed by atoms with Crippen molar-refractivity contribution in [3.63, 3.8) is 0 Å². The zero-order valence-electron chi connectivity index (χ0n) is 13.2. The molecule has 0 aliphatic heterocycles. The molecule has 2 aromatic carbocycles. The summed E-state index contributed by atoms with van der Waals surface area (Å²) in [7, 11) is 0. The van der Waals surface area contributed by atoms with Crippen molar-refractivity contribution in [1.29, 1.82) is 0 Å². The maximum atomic E-state index is 11.1. The lowest BCUT2D eigenvalue weighted by atomic mass is 10.1. The van der Waals surface area contributed by atoms with Crippen molar-refractivity contribution < 1.29 is 14.6 Å². The van der Waals surface area contributed by atoms with Gasteiger partial charge in [0.1, 0.15) is 11.3 Å². The van der Waals surface area contributed by atoms with Gasteiger partial charge in [-0.1, -0.05) is 42.5 Å². The highest BCUT2D eigenvalue weighted by Crippen LogP contribution is 2.17. The summed E-state index contributed by atoms with van der Waals surface area (Å²) in [5.41, 5.74) is 1.58. The molecule has 0 radical (unpaired) electrons. The van der Waals surface area contributed by atoms with Crippen LogP contribution in [-0.4, -0.2) is 30.8 Å². The van der Waals surface area contributed by atoms with Gasteiger partial charge < -0.3 is 15.2 Å². The van der Waals surface area contributed by atoms with Gasteiger partial charge in [-0.25, -0.2) is 4.79 Å². The molecule has 0 aliphatic carbocycles. The van der Waals surface area contributed by atoms with Crippen LogP contribution in [0.5, 0.6) is 5.75 Å². The van der Waals surface area contributed by atoms with Crippen LogP contribution < -0.4 is 10.1 Å². The standard InChI is InChI=1S/C19H23NO3/c21-19(22)17-11-4-5-12-18(17)23-15-7-14-20-13-6-10-16-8-2-1-3-9-16/h1-5,8-9,11-12,20H,6-7,10,13-15H2,(H,21,22). The molecule has 0 bridgehead atoms. The minimum Gasteiger partial charge on any atom is -0.493 e. The summed E-state index contributed by atoms with van der Waals surface area (Å²) < 4.78 is 5.55. The van der Waals surface area contributed by atoms with Gasteiger partial charge in [0, 0.05) is 0 Å². The Morgan fingerprint density at radius 3 is 2.43 bits per heavy atom. The van der Waals surface area contributed by atoms with Gasteiger partial charge in [-0.15, -0.1) is 0 Å². The number of para-hydroxylation sites is 1. The highest BCUT2D eigenvalue weighted by Gasteiger charge is 2.09. The van der Waals surface area contributed by atoms with Crippen LogP contribution in [0.1, 0.15) is 28.8 Å². The Balaban J connectivity index is 1.55. The van der Waals surface area contributed by atoms with E-state index in [-0.39, 0.29) is 5.56 Å². The number of aryl methyl sites for hydroxylation is 1. The second-order valence-electron chi connectivity index (χ2n) is 5.34. The van der Waals surface area contributed by atoms with Gasteiger partial charge in [-0.05, 0) is 50.0 Å². The first kappa shape index (κ1) is 17.0. The third-order valence-corrected chi connectivity index (χ3v) is 3.53. The van der Waals surface area contributed by atoms with Crippen LogP contribution in [0.4, 0.5) is 0 Å². The predicted octanol–water partition coefficient (Wildman–Crippen LogP) is 3.38. The van der Waals surface area contributed by atoms with Gasteiger partial charge >= 0.3 is 5.97 Å². The van der Waals surface area contributed by atoms with Gasteiger partial charge in [0.05, 0.1) is 6.61 Å². The fraction of sp³-hybridized carbons (Fsp3) is 0.316. The largest absolute Gasteiger partial charge is 0.493 e. The van der Waals surface area contributed by atoms with Crippen LogP contribution in [0.25, 0.3) is 0 Å². The number of carboxylic acids is 1. The minimum absolute atomic E-state index is 0.211. The molecule has 0 aliphatic rings. The van der Waals surface area contributed by atoms with Gasteiger partial charge in [-0.2, -0.15) is 0 Å². The van der Waals surface area contributed by atoms with Gasteiger partial charge in [0.25, 0.3) is 0 Å². The number of benzene rings is 2. The molecule has 0 heterocycles. The van der Waals surface area contributed by atoms with E-state index in [4.69, 9.17) is 9.84 Å². The fourth-order valence-corrected chi connectivity index (χ4v) is 2.34. The molecule has 2 N–H and O–H groups in total. The van der Waals surface area contributed by atoms with E-state index in [0.717, 1.165) is 32.4 Å². The summed E-state index contributed by atoms with van der Waals surface area (Å²) >= 11 is 0. The molecule has 0 spiro atoms. The van der Waals surface area contributed by atoms with Crippen LogP contribution >= 0.6 is 0 Å². The van der Waals surface area contributed by atoms with Gasteiger partial charge in [0.2, 0.25) is 0 Å². The maximum absolute atomic E-state index is 11.1. The zero-order valence-corrected chi connectivity index (χ0v) is 13.2. The monoisotopic (exact) mass is 313 g/mol. The molecule has 0 aromatic heterocycles. The quantitative estimate of drug-likeness (QED) is 0.660. The molecule has 0 fully saturated rings. The Bertz CT molecular complexity index is 599. The predicted molar refractivity (Wildman–Crippen MR) is 91.1 cm³/mol. The molecule has 4 heteroatoms. The van der Waals surface area contributed by atoms with Crippen molar-refractivity contribution in [3.05, 3.63) is 65.7 Å². The molecule has 0 saturated carbocycles. The molecule has 23 heavy (non-hydrogen) atoms. The fourth-order valence-electron chi connectivity index (χ4n) is 2.34. The summed E-state index contributed by atoms with van der Waals surface area (Å²) in [4.78, 5) is 11.1. The molecule has 4 nitrogen and oxygen atoms in total. The number of rotatable bonds is 10. The number of hydrogen-bond donors (Lipinski definition) is 2. The van der Waals surface area contributed by atoms with Crippen LogP contribution in [0.15, 0.2) is 54.6 Å². The van der Waals surface area contributed by atoms with Crippen molar-refractivity contribution in [2.75, 3.05) is 19.7 Å². The van der Waals surface area contributed by atoms with E-state index in [1.807, 2.05) is 6.07 Å².